The number of nitrogens with zero attached hydrogens (tertiary/aromatic N) is 3. The lowest BCUT2D eigenvalue weighted by Crippen LogP contribution is -2.53. The quantitative estimate of drug-likeness (QED) is 0.462. The molecule has 2 amide bonds. The van der Waals surface area contributed by atoms with E-state index in [9.17, 15) is 9.59 Å². The molecule has 5 nitrogen and oxygen atoms in total. The topological polar surface area (TPSA) is 43.9 Å². The Morgan fingerprint density at radius 1 is 0.914 bits per heavy atom. The summed E-state index contributed by atoms with van der Waals surface area (Å²) in [7, 11) is 0. The molecule has 2 aliphatic rings. The molecule has 2 aliphatic heterocycles. The number of carbonyl (C=O) groups excluding carboxylic acids is 2. The van der Waals surface area contributed by atoms with E-state index < -0.39 is 0 Å². The van der Waals surface area contributed by atoms with Crippen LogP contribution >= 0.6 is 34.5 Å². The van der Waals surface area contributed by atoms with Crippen molar-refractivity contribution in [3.05, 3.63) is 91.1 Å². The molecule has 0 radical (unpaired) electrons. The lowest BCUT2D eigenvalue weighted by molar-refractivity contribution is -0.134. The summed E-state index contributed by atoms with van der Waals surface area (Å²) < 4.78 is 0. The zero-order valence-corrected chi connectivity index (χ0v) is 21.9. The van der Waals surface area contributed by atoms with Crippen LogP contribution in [-0.2, 0) is 11.2 Å². The molecule has 0 spiro atoms. The Hall–Kier alpha value is -2.38. The molecule has 2 aromatic carbocycles. The van der Waals surface area contributed by atoms with E-state index in [2.05, 4.69) is 47.5 Å². The summed E-state index contributed by atoms with van der Waals surface area (Å²) in [5, 5.41) is 2.95. The van der Waals surface area contributed by atoms with Gasteiger partial charge in [-0.2, -0.15) is 0 Å². The highest BCUT2D eigenvalue weighted by molar-refractivity contribution is 7.10. The van der Waals surface area contributed by atoms with Gasteiger partial charge in [0.1, 0.15) is 0 Å². The Morgan fingerprint density at radius 3 is 2.40 bits per heavy atom. The maximum Gasteiger partial charge on any atom is 0.254 e. The van der Waals surface area contributed by atoms with Crippen LogP contribution < -0.4 is 0 Å². The number of hydrogen-bond donors (Lipinski definition) is 0. The zero-order chi connectivity index (χ0) is 24.5. The first-order valence-corrected chi connectivity index (χ1v) is 13.4. The molecule has 1 saturated heterocycles. The number of thiophene rings is 1. The Bertz CT molecular complexity index is 1250. The number of fused-ring (bicyclic) bond motifs is 1. The first kappa shape index (κ1) is 24.3. The summed E-state index contributed by atoms with van der Waals surface area (Å²) in [5.74, 6) is 0.0280. The van der Waals surface area contributed by atoms with Crippen molar-refractivity contribution >= 4 is 46.4 Å². The van der Waals surface area contributed by atoms with Crippen molar-refractivity contribution in [2.75, 3.05) is 39.3 Å². The highest BCUT2D eigenvalue weighted by Gasteiger charge is 2.33. The van der Waals surface area contributed by atoms with Crippen LogP contribution in [0.4, 0.5) is 0 Å². The third kappa shape index (κ3) is 4.98. The van der Waals surface area contributed by atoms with Gasteiger partial charge >= 0.3 is 0 Å². The average Bonchev–Trinajstić information content (AvgIpc) is 3.35. The molecular weight excluding hydrogens is 501 g/mol. The second kappa shape index (κ2) is 10.3. The zero-order valence-electron chi connectivity index (χ0n) is 19.5. The molecule has 3 heterocycles. The van der Waals surface area contributed by atoms with Gasteiger partial charge in [0.15, 0.2) is 0 Å². The summed E-state index contributed by atoms with van der Waals surface area (Å²) in [6, 6.07) is 15.7. The van der Waals surface area contributed by atoms with Crippen molar-refractivity contribution in [3.63, 3.8) is 0 Å². The minimum atomic E-state index is -0.0868. The summed E-state index contributed by atoms with van der Waals surface area (Å²) in [5.41, 5.74) is 4.33. The number of piperazine rings is 1. The maximum absolute atomic E-state index is 13.4. The minimum absolute atomic E-state index is 0.0868. The molecule has 35 heavy (non-hydrogen) atoms. The molecule has 1 fully saturated rings. The van der Waals surface area contributed by atoms with Gasteiger partial charge in [0.25, 0.3) is 5.91 Å². The number of halogens is 2. The van der Waals surface area contributed by atoms with Gasteiger partial charge in [0, 0.05) is 43.2 Å². The normalized spacial score (nSPS) is 18.4. The molecule has 8 heteroatoms. The van der Waals surface area contributed by atoms with Crippen molar-refractivity contribution in [3.8, 4) is 0 Å². The minimum Gasteiger partial charge on any atom is -0.338 e. The van der Waals surface area contributed by atoms with E-state index in [4.69, 9.17) is 23.2 Å². The van der Waals surface area contributed by atoms with Crippen molar-refractivity contribution in [1.29, 1.82) is 0 Å². The van der Waals surface area contributed by atoms with Crippen LogP contribution in [-0.4, -0.2) is 65.8 Å². The number of benzene rings is 2. The lowest BCUT2D eigenvalue weighted by Gasteiger charge is -2.39. The first-order chi connectivity index (χ1) is 16.9. The Kier molecular flexibility index (Phi) is 7.17. The van der Waals surface area contributed by atoms with Crippen LogP contribution in [0.2, 0.25) is 10.0 Å². The smallest absolute Gasteiger partial charge is 0.254 e. The fourth-order valence-electron chi connectivity index (χ4n) is 5.04. The van der Waals surface area contributed by atoms with Crippen LogP contribution in [0.5, 0.6) is 0 Å². The van der Waals surface area contributed by atoms with E-state index in [-0.39, 0.29) is 17.9 Å². The molecule has 1 atom stereocenters. The Balaban J connectivity index is 1.25. The van der Waals surface area contributed by atoms with Crippen molar-refractivity contribution in [2.45, 2.75) is 19.4 Å². The van der Waals surface area contributed by atoms with Crippen molar-refractivity contribution in [1.82, 2.24) is 14.7 Å². The van der Waals surface area contributed by atoms with Crippen LogP contribution in [0.15, 0.2) is 53.9 Å². The summed E-state index contributed by atoms with van der Waals surface area (Å²) >= 11 is 13.9. The van der Waals surface area contributed by atoms with Crippen LogP contribution in [0.25, 0.3) is 0 Å². The molecule has 0 saturated carbocycles. The van der Waals surface area contributed by atoms with E-state index >= 15 is 0 Å². The standard InChI is InChI=1S/C27H27Cl2N3O2S/c1-18-4-2-3-5-20(18)26-21-9-15-35-24(21)8-10-32(26)17-25(33)30-11-13-31(14-12-30)27(34)19-6-7-22(28)23(29)16-19/h2-7,9,15-16,26H,8,10-14,17H2,1H3. The van der Waals surface area contributed by atoms with Gasteiger partial charge in [0.05, 0.1) is 22.6 Å². The summed E-state index contributed by atoms with van der Waals surface area (Å²) in [4.78, 5) is 33.6. The molecule has 0 bridgehead atoms. The fraction of sp³-hybridized carbons (Fsp3) is 0.333. The van der Waals surface area contributed by atoms with Gasteiger partial charge in [-0.1, -0.05) is 47.5 Å². The van der Waals surface area contributed by atoms with Crippen molar-refractivity contribution < 1.29 is 9.59 Å². The van der Waals surface area contributed by atoms with E-state index in [1.165, 1.54) is 21.6 Å². The molecule has 5 rings (SSSR count). The average molecular weight is 529 g/mol. The second-order valence-corrected chi connectivity index (χ2v) is 10.9. The highest BCUT2D eigenvalue weighted by Crippen LogP contribution is 2.38. The van der Waals surface area contributed by atoms with E-state index in [1.54, 1.807) is 34.4 Å². The van der Waals surface area contributed by atoms with E-state index in [1.807, 2.05) is 4.90 Å². The summed E-state index contributed by atoms with van der Waals surface area (Å²) in [6.07, 6.45) is 0.967. The third-order valence-corrected chi connectivity index (χ3v) is 8.71. The van der Waals surface area contributed by atoms with Crippen LogP contribution in [0, 0.1) is 6.92 Å². The van der Waals surface area contributed by atoms with Crippen LogP contribution in [0.1, 0.15) is 38.0 Å². The van der Waals surface area contributed by atoms with Crippen LogP contribution in [0.3, 0.4) is 0 Å². The first-order valence-electron chi connectivity index (χ1n) is 11.8. The number of aryl methyl sites for hydroxylation is 1. The molecule has 3 aromatic rings. The Labute approximate surface area is 219 Å². The fourth-order valence-corrected chi connectivity index (χ4v) is 6.24. The van der Waals surface area contributed by atoms with Gasteiger partial charge in [-0.15, -0.1) is 11.3 Å². The van der Waals surface area contributed by atoms with Gasteiger partial charge in [-0.05, 0) is 59.7 Å². The van der Waals surface area contributed by atoms with Gasteiger partial charge in [0.2, 0.25) is 5.91 Å². The predicted molar refractivity (Wildman–Crippen MR) is 142 cm³/mol. The molecule has 182 valence electrons. The number of rotatable bonds is 4. The van der Waals surface area contributed by atoms with Gasteiger partial charge < -0.3 is 9.80 Å². The van der Waals surface area contributed by atoms with Crippen molar-refractivity contribution in [2.24, 2.45) is 0 Å². The van der Waals surface area contributed by atoms with E-state index in [0.717, 1.165) is 13.0 Å². The SMILES string of the molecule is Cc1ccccc1C1c2ccsc2CCN1CC(=O)N1CCN(C(=O)c2ccc(Cl)c(Cl)c2)CC1. The molecule has 0 N–H and O–H groups in total. The third-order valence-electron chi connectivity index (χ3n) is 6.97. The predicted octanol–water partition coefficient (Wildman–Crippen LogP) is 5.30. The number of hydrogen-bond acceptors (Lipinski definition) is 4. The molecule has 1 unspecified atom stereocenters. The molecule has 0 aliphatic carbocycles. The van der Waals surface area contributed by atoms with Gasteiger partial charge in [-0.25, -0.2) is 0 Å². The summed E-state index contributed by atoms with van der Waals surface area (Å²) in [6.45, 7) is 5.42. The molecular formula is C27H27Cl2N3O2S. The highest BCUT2D eigenvalue weighted by atomic mass is 35.5. The monoisotopic (exact) mass is 527 g/mol. The largest absolute Gasteiger partial charge is 0.338 e. The maximum atomic E-state index is 13.4. The Morgan fingerprint density at radius 2 is 1.66 bits per heavy atom. The van der Waals surface area contributed by atoms with E-state index in [0.29, 0.717) is 48.3 Å². The lowest BCUT2D eigenvalue weighted by atomic mass is 9.90. The van der Waals surface area contributed by atoms with Gasteiger partial charge in [-0.3, -0.25) is 14.5 Å². The molecule has 1 aromatic heterocycles. The number of amides is 2. The second-order valence-electron chi connectivity index (χ2n) is 9.08. The number of carbonyl (C=O) groups is 2.